The second-order valence-electron chi connectivity index (χ2n) is 2.60. The van der Waals surface area contributed by atoms with E-state index >= 15 is 0 Å². The third-order valence-electron chi connectivity index (χ3n) is 1.90. The van der Waals surface area contributed by atoms with Crippen molar-refractivity contribution in [2.45, 2.75) is 5.79 Å². The molecule has 1 aliphatic rings. The van der Waals surface area contributed by atoms with E-state index in [0.29, 0.717) is 0 Å². The summed E-state index contributed by atoms with van der Waals surface area (Å²) >= 11 is 0. The highest BCUT2D eigenvalue weighted by Gasteiger charge is 2.40. The van der Waals surface area contributed by atoms with Crippen LogP contribution in [0.1, 0.15) is 0 Å². The molecule has 0 saturated heterocycles. The van der Waals surface area contributed by atoms with E-state index in [9.17, 15) is 14.9 Å². The Morgan fingerprint density at radius 1 is 1.36 bits per heavy atom. The molecule has 0 aliphatic heterocycles. The molecule has 0 aromatic heterocycles. The van der Waals surface area contributed by atoms with Crippen LogP contribution in [-0.2, 0) is 14.3 Å². The molecule has 0 spiro atoms. The Morgan fingerprint density at radius 2 is 1.93 bits per heavy atom. The van der Waals surface area contributed by atoms with Gasteiger partial charge in [-0.05, 0) is 6.08 Å². The largest absolute Gasteiger partial charge is 0.343 e. The topological polar surface area (TPSA) is 78.7 Å². The third-order valence-corrected chi connectivity index (χ3v) is 1.90. The molecule has 76 valence electrons. The molecule has 1 rings (SSSR count). The normalized spacial score (nSPS) is 19.3. The van der Waals surface area contributed by atoms with Crippen LogP contribution in [0.15, 0.2) is 23.9 Å². The lowest BCUT2D eigenvalue weighted by Gasteiger charge is -2.25. The van der Waals surface area contributed by atoms with Crippen molar-refractivity contribution in [3.63, 3.8) is 0 Å². The molecule has 0 N–H and O–H groups in total. The van der Waals surface area contributed by atoms with E-state index in [1.54, 1.807) is 0 Å². The summed E-state index contributed by atoms with van der Waals surface area (Å²) in [6.07, 6.45) is 3.21. The van der Waals surface area contributed by atoms with Crippen molar-refractivity contribution >= 4 is 5.78 Å². The molecular formula is C8H9NO5. The van der Waals surface area contributed by atoms with E-state index in [2.05, 4.69) is 0 Å². The Balaban J connectivity index is 3.12. The SMILES string of the molecule is COC1(OC)C=C([N+](=O)[O-])C=CC1=O. The summed E-state index contributed by atoms with van der Waals surface area (Å²) < 4.78 is 9.63. The first-order chi connectivity index (χ1) is 6.55. The number of nitrogens with zero attached hydrogens (tertiary/aromatic N) is 1. The number of hydrogen-bond donors (Lipinski definition) is 0. The highest BCUT2D eigenvalue weighted by Crippen LogP contribution is 2.22. The number of ether oxygens (including phenoxy) is 2. The molecule has 0 heterocycles. The fraction of sp³-hybridized carbons (Fsp3) is 0.375. The van der Waals surface area contributed by atoms with Crippen LogP contribution < -0.4 is 0 Å². The van der Waals surface area contributed by atoms with Gasteiger partial charge < -0.3 is 9.47 Å². The van der Waals surface area contributed by atoms with Crippen molar-refractivity contribution in [1.29, 1.82) is 0 Å². The van der Waals surface area contributed by atoms with Gasteiger partial charge in [-0.1, -0.05) is 0 Å². The maximum atomic E-state index is 11.3. The minimum Gasteiger partial charge on any atom is -0.343 e. The van der Waals surface area contributed by atoms with Crippen LogP contribution in [0.2, 0.25) is 0 Å². The first kappa shape index (κ1) is 10.6. The van der Waals surface area contributed by atoms with Crippen molar-refractivity contribution < 1.29 is 19.2 Å². The lowest BCUT2D eigenvalue weighted by atomic mass is 10.0. The van der Waals surface area contributed by atoms with E-state index < -0.39 is 16.5 Å². The van der Waals surface area contributed by atoms with Gasteiger partial charge in [-0.15, -0.1) is 0 Å². The van der Waals surface area contributed by atoms with Gasteiger partial charge in [0.05, 0.1) is 11.0 Å². The van der Waals surface area contributed by atoms with Crippen LogP contribution in [0.4, 0.5) is 0 Å². The van der Waals surface area contributed by atoms with E-state index in [1.807, 2.05) is 0 Å². The summed E-state index contributed by atoms with van der Waals surface area (Å²) in [4.78, 5) is 21.2. The quantitative estimate of drug-likeness (QED) is 0.370. The second kappa shape index (κ2) is 3.69. The van der Waals surface area contributed by atoms with Gasteiger partial charge in [0, 0.05) is 20.3 Å². The number of carbonyl (C=O) groups is 1. The van der Waals surface area contributed by atoms with E-state index in [0.717, 1.165) is 18.2 Å². The van der Waals surface area contributed by atoms with Gasteiger partial charge in [0.1, 0.15) is 0 Å². The van der Waals surface area contributed by atoms with Gasteiger partial charge in [0.2, 0.25) is 5.78 Å². The van der Waals surface area contributed by atoms with Crippen LogP contribution in [0.25, 0.3) is 0 Å². The van der Waals surface area contributed by atoms with Crippen LogP contribution >= 0.6 is 0 Å². The zero-order valence-corrected chi connectivity index (χ0v) is 7.72. The van der Waals surface area contributed by atoms with Crippen LogP contribution in [0, 0.1) is 10.1 Å². The predicted octanol–water partition coefficient (Wildman–Crippen LogP) is 0.275. The fourth-order valence-corrected chi connectivity index (χ4v) is 1.11. The molecule has 0 radical (unpaired) electrons. The number of allylic oxidation sites excluding steroid dienone is 1. The highest BCUT2D eigenvalue weighted by atomic mass is 16.7. The van der Waals surface area contributed by atoms with Crippen molar-refractivity contribution in [2.24, 2.45) is 0 Å². The van der Waals surface area contributed by atoms with Crippen LogP contribution in [-0.4, -0.2) is 30.7 Å². The molecule has 1 aliphatic carbocycles. The number of ketones is 1. The Hall–Kier alpha value is -1.53. The Morgan fingerprint density at radius 3 is 2.36 bits per heavy atom. The molecule has 0 atom stereocenters. The zero-order chi connectivity index (χ0) is 10.8. The number of nitro groups is 1. The summed E-state index contributed by atoms with van der Waals surface area (Å²) in [6.45, 7) is 0. The van der Waals surface area contributed by atoms with Crippen molar-refractivity contribution in [3.05, 3.63) is 34.0 Å². The van der Waals surface area contributed by atoms with Crippen molar-refractivity contribution in [1.82, 2.24) is 0 Å². The zero-order valence-electron chi connectivity index (χ0n) is 7.72. The van der Waals surface area contributed by atoms with Gasteiger partial charge in [-0.25, -0.2) is 0 Å². The van der Waals surface area contributed by atoms with Gasteiger partial charge in [-0.2, -0.15) is 0 Å². The molecule has 0 saturated carbocycles. The maximum Gasteiger partial charge on any atom is 0.271 e. The third kappa shape index (κ3) is 1.57. The molecule has 6 heteroatoms. The van der Waals surface area contributed by atoms with E-state index in [-0.39, 0.29) is 5.70 Å². The Labute approximate surface area is 80.0 Å². The minimum atomic E-state index is -1.66. The molecule has 0 unspecified atom stereocenters. The number of hydrogen-bond acceptors (Lipinski definition) is 5. The molecule has 0 amide bonds. The van der Waals surface area contributed by atoms with Crippen molar-refractivity contribution in [3.8, 4) is 0 Å². The lowest BCUT2D eigenvalue weighted by molar-refractivity contribution is -0.420. The fourth-order valence-electron chi connectivity index (χ4n) is 1.11. The average molecular weight is 199 g/mol. The predicted molar refractivity (Wildman–Crippen MR) is 46.0 cm³/mol. The number of rotatable bonds is 3. The van der Waals surface area contributed by atoms with E-state index in [1.165, 1.54) is 14.2 Å². The van der Waals surface area contributed by atoms with Crippen LogP contribution in [0.3, 0.4) is 0 Å². The van der Waals surface area contributed by atoms with Crippen molar-refractivity contribution in [2.75, 3.05) is 14.2 Å². The summed E-state index contributed by atoms with van der Waals surface area (Å²) in [5, 5.41) is 10.4. The van der Waals surface area contributed by atoms with Gasteiger partial charge in [-0.3, -0.25) is 14.9 Å². The molecular weight excluding hydrogens is 190 g/mol. The molecule has 6 nitrogen and oxygen atoms in total. The molecule has 0 bridgehead atoms. The highest BCUT2D eigenvalue weighted by molar-refractivity contribution is 5.99. The van der Waals surface area contributed by atoms with E-state index in [4.69, 9.17) is 9.47 Å². The monoisotopic (exact) mass is 199 g/mol. The minimum absolute atomic E-state index is 0.228. The van der Waals surface area contributed by atoms with Gasteiger partial charge >= 0.3 is 0 Å². The summed E-state index contributed by atoms with van der Waals surface area (Å²) in [5.41, 5.74) is -0.228. The summed E-state index contributed by atoms with van der Waals surface area (Å²) in [7, 11) is 2.49. The second-order valence-corrected chi connectivity index (χ2v) is 2.60. The standard InChI is InChI=1S/C8H9NO5/c1-13-8(14-2)5-6(9(11)12)3-4-7(8)10/h3-5H,1-2H3. The Bertz CT molecular complexity index is 327. The van der Waals surface area contributed by atoms with Crippen LogP contribution in [0.5, 0.6) is 0 Å². The van der Waals surface area contributed by atoms with Gasteiger partial charge in [0.15, 0.2) is 0 Å². The lowest BCUT2D eigenvalue weighted by Crippen LogP contribution is -2.41. The molecule has 0 fully saturated rings. The van der Waals surface area contributed by atoms with Gasteiger partial charge in [0.25, 0.3) is 11.5 Å². The molecule has 0 aromatic rings. The average Bonchev–Trinajstić information content (AvgIpc) is 2.19. The first-order valence-corrected chi connectivity index (χ1v) is 3.76. The number of carbonyl (C=O) groups excluding carboxylic acids is 1. The summed E-state index contributed by atoms with van der Waals surface area (Å²) in [6, 6.07) is 0. The first-order valence-electron chi connectivity index (χ1n) is 3.76. The number of methoxy groups -OCH3 is 2. The maximum absolute atomic E-state index is 11.3. The molecule has 0 aromatic carbocycles. The Kier molecular flexibility index (Phi) is 2.78. The molecule has 14 heavy (non-hydrogen) atoms. The smallest absolute Gasteiger partial charge is 0.271 e. The summed E-state index contributed by atoms with van der Waals surface area (Å²) in [5.74, 6) is -2.13.